The van der Waals surface area contributed by atoms with Crippen LogP contribution >= 0.6 is 11.3 Å². The van der Waals surface area contributed by atoms with Gasteiger partial charge in [-0.25, -0.2) is 4.98 Å². The Bertz CT molecular complexity index is 435. The van der Waals surface area contributed by atoms with Crippen molar-refractivity contribution >= 4 is 11.3 Å². The minimum absolute atomic E-state index is 0.179. The van der Waals surface area contributed by atoms with Crippen molar-refractivity contribution in [1.82, 2.24) is 15.2 Å². The number of thiazole rings is 1. The van der Waals surface area contributed by atoms with Gasteiger partial charge in [0.1, 0.15) is 0 Å². The molecule has 106 valence electrons. The number of hydrogen-bond donors (Lipinski definition) is 1. The summed E-state index contributed by atoms with van der Waals surface area (Å²) in [6, 6.07) is 1.48. The molecule has 3 rings (SSSR count). The first-order chi connectivity index (χ1) is 9.04. The first-order valence-electron chi connectivity index (χ1n) is 7.46. The molecule has 2 fully saturated rings. The zero-order valence-corrected chi connectivity index (χ0v) is 13.1. The molecule has 0 radical (unpaired) electrons. The molecule has 0 amide bonds. The summed E-state index contributed by atoms with van der Waals surface area (Å²) in [6.45, 7) is 10.2. The number of nitrogens with zero attached hydrogens (tertiary/aromatic N) is 2. The molecule has 3 nitrogen and oxygen atoms in total. The second-order valence-corrected chi connectivity index (χ2v) is 7.77. The second-order valence-electron chi connectivity index (χ2n) is 6.92. The van der Waals surface area contributed by atoms with E-state index in [4.69, 9.17) is 4.98 Å². The van der Waals surface area contributed by atoms with Gasteiger partial charge in [0.25, 0.3) is 0 Å². The van der Waals surface area contributed by atoms with Gasteiger partial charge < -0.3 is 5.32 Å². The van der Waals surface area contributed by atoms with E-state index in [1.807, 2.05) is 0 Å². The average Bonchev–Trinajstić information content (AvgIpc) is 3.02. The van der Waals surface area contributed by atoms with Gasteiger partial charge in [-0.15, -0.1) is 11.3 Å². The van der Waals surface area contributed by atoms with Gasteiger partial charge in [-0.3, -0.25) is 4.90 Å². The summed E-state index contributed by atoms with van der Waals surface area (Å²) >= 11 is 1.80. The van der Waals surface area contributed by atoms with E-state index in [9.17, 15) is 0 Å². The Morgan fingerprint density at radius 2 is 2.21 bits per heavy atom. The summed E-state index contributed by atoms with van der Waals surface area (Å²) in [4.78, 5) is 7.42. The Morgan fingerprint density at radius 3 is 2.95 bits per heavy atom. The molecular weight excluding hydrogens is 254 g/mol. The van der Waals surface area contributed by atoms with Crippen molar-refractivity contribution in [3.8, 4) is 0 Å². The minimum atomic E-state index is 0.179. The van der Waals surface area contributed by atoms with Crippen LogP contribution in [0.3, 0.4) is 0 Å². The third-order valence-corrected chi connectivity index (χ3v) is 5.66. The minimum Gasteiger partial charge on any atom is -0.307 e. The molecule has 0 aliphatic carbocycles. The summed E-state index contributed by atoms with van der Waals surface area (Å²) in [5.74, 6) is 0. The molecule has 1 aromatic heterocycles. The van der Waals surface area contributed by atoms with Crippen LogP contribution in [0.15, 0.2) is 5.38 Å². The summed E-state index contributed by atoms with van der Waals surface area (Å²) in [6.07, 6.45) is 4.07. The first-order valence-corrected chi connectivity index (χ1v) is 8.34. The molecular formula is C15H25N3S. The van der Waals surface area contributed by atoms with Crippen molar-refractivity contribution in [3.63, 3.8) is 0 Å². The van der Waals surface area contributed by atoms with Gasteiger partial charge in [0.15, 0.2) is 0 Å². The predicted octanol–water partition coefficient (Wildman–Crippen LogP) is 2.77. The smallest absolute Gasteiger partial charge is 0.0982 e. The molecule has 19 heavy (non-hydrogen) atoms. The molecule has 1 N–H and O–H groups in total. The molecule has 2 atom stereocenters. The van der Waals surface area contributed by atoms with E-state index in [1.54, 1.807) is 11.3 Å². The van der Waals surface area contributed by atoms with E-state index in [-0.39, 0.29) is 5.41 Å². The normalized spacial score (nSPS) is 27.9. The van der Waals surface area contributed by atoms with Crippen LogP contribution in [0.4, 0.5) is 0 Å². The van der Waals surface area contributed by atoms with Crippen LogP contribution in [0.25, 0.3) is 0 Å². The predicted molar refractivity (Wildman–Crippen MR) is 80.7 cm³/mol. The standard InChI is InChI=1S/C15H25N3S/c1-15(2,3)14-17-11(10-19-14)9-16-12-6-8-18-7-4-5-13(12)18/h10,12-13,16H,4-9H2,1-3H3. The van der Waals surface area contributed by atoms with Gasteiger partial charge in [-0.05, 0) is 25.8 Å². The Balaban J connectivity index is 1.56. The highest BCUT2D eigenvalue weighted by molar-refractivity contribution is 7.09. The maximum absolute atomic E-state index is 4.77. The highest BCUT2D eigenvalue weighted by atomic mass is 32.1. The SMILES string of the molecule is CC(C)(C)c1nc(CNC2CCN3CCCC23)cs1. The fraction of sp³-hybridized carbons (Fsp3) is 0.800. The maximum atomic E-state index is 4.77. The van der Waals surface area contributed by atoms with Gasteiger partial charge in [0.05, 0.1) is 10.7 Å². The molecule has 0 bridgehead atoms. The number of nitrogens with one attached hydrogen (secondary N) is 1. The van der Waals surface area contributed by atoms with Gasteiger partial charge in [-0.1, -0.05) is 20.8 Å². The fourth-order valence-corrected chi connectivity index (χ4v) is 4.20. The van der Waals surface area contributed by atoms with Gasteiger partial charge in [0, 0.05) is 36.0 Å². The van der Waals surface area contributed by atoms with Crippen molar-refractivity contribution in [2.75, 3.05) is 13.1 Å². The van der Waals surface area contributed by atoms with Crippen molar-refractivity contribution in [2.45, 2.75) is 64.1 Å². The lowest BCUT2D eigenvalue weighted by atomic mass is 9.98. The summed E-state index contributed by atoms with van der Waals surface area (Å²) in [5.41, 5.74) is 1.39. The van der Waals surface area contributed by atoms with E-state index in [2.05, 4.69) is 36.4 Å². The Hall–Kier alpha value is -0.450. The van der Waals surface area contributed by atoms with E-state index in [1.165, 1.54) is 43.1 Å². The largest absolute Gasteiger partial charge is 0.307 e. The van der Waals surface area contributed by atoms with Crippen LogP contribution < -0.4 is 5.32 Å². The zero-order chi connectivity index (χ0) is 13.5. The molecule has 2 aliphatic heterocycles. The van der Waals surface area contributed by atoms with Crippen molar-refractivity contribution in [1.29, 1.82) is 0 Å². The summed E-state index contributed by atoms with van der Waals surface area (Å²) < 4.78 is 0. The van der Waals surface area contributed by atoms with Crippen LogP contribution in [0, 0.1) is 0 Å². The van der Waals surface area contributed by atoms with E-state index in [0.717, 1.165) is 12.6 Å². The molecule has 2 saturated heterocycles. The molecule has 1 aromatic rings. The molecule has 0 spiro atoms. The number of fused-ring (bicyclic) bond motifs is 1. The molecule has 0 aromatic carbocycles. The third-order valence-electron chi connectivity index (χ3n) is 4.34. The first kappa shape index (κ1) is 13.5. The maximum Gasteiger partial charge on any atom is 0.0982 e. The highest BCUT2D eigenvalue weighted by Crippen LogP contribution is 2.29. The topological polar surface area (TPSA) is 28.2 Å². The number of rotatable bonds is 3. The van der Waals surface area contributed by atoms with E-state index >= 15 is 0 Å². The quantitative estimate of drug-likeness (QED) is 0.922. The van der Waals surface area contributed by atoms with Crippen molar-refractivity contribution in [3.05, 3.63) is 16.1 Å². The van der Waals surface area contributed by atoms with Crippen molar-refractivity contribution in [2.24, 2.45) is 0 Å². The molecule has 3 heterocycles. The van der Waals surface area contributed by atoms with Crippen LogP contribution in [-0.2, 0) is 12.0 Å². The highest BCUT2D eigenvalue weighted by Gasteiger charge is 2.36. The van der Waals surface area contributed by atoms with Crippen molar-refractivity contribution < 1.29 is 0 Å². The van der Waals surface area contributed by atoms with Gasteiger partial charge in [0.2, 0.25) is 0 Å². The molecule has 0 saturated carbocycles. The monoisotopic (exact) mass is 279 g/mol. The number of hydrogen-bond acceptors (Lipinski definition) is 4. The van der Waals surface area contributed by atoms with Crippen LogP contribution in [-0.4, -0.2) is 35.1 Å². The van der Waals surface area contributed by atoms with Gasteiger partial charge in [-0.2, -0.15) is 0 Å². The van der Waals surface area contributed by atoms with E-state index in [0.29, 0.717) is 6.04 Å². The van der Waals surface area contributed by atoms with Crippen LogP contribution in [0.2, 0.25) is 0 Å². The molecule has 4 heteroatoms. The summed E-state index contributed by atoms with van der Waals surface area (Å²) in [5, 5.41) is 7.20. The van der Waals surface area contributed by atoms with E-state index < -0.39 is 0 Å². The molecule has 2 aliphatic rings. The zero-order valence-electron chi connectivity index (χ0n) is 12.3. The van der Waals surface area contributed by atoms with Gasteiger partial charge >= 0.3 is 0 Å². The van der Waals surface area contributed by atoms with Crippen LogP contribution in [0.5, 0.6) is 0 Å². The Labute approximate surface area is 120 Å². The summed E-state index contributed by atoms with van der Waals surface area (Å²) in [7, 11) is 0. The lowest BCUT2D eigenvalue weighted by Gasteiger charge is -2.21. The second kappa shape index (κ2) is 5.15. The Morgan fingerprint density at radius 1 is 1.37 bits per heavy atom. The molecule has 2 unspecified atom stereocenters. The van der Waals surface area contributed by atoms with Crippen LogP contribution in [0.1, 0.15) is 50.7 Å². The number of aromatic nitrogens is 1. The third kappa shape index (κ3) is 2.86. The fourth-order valence-electron chi connectivity index (χ4n) is 3.29. The lowest BCUT2D eigenvalue weighted by molar-refractivity contribution is 0.298. The lowest BCUT2D eigenvalue weighted by Crippen LogP contribution is -2.38. The Kier molecular flexibility index (Phi) is 3.67. The average molecular weight is 279 g/mol.